The number of halogens is 2. The number of benzene rings is 1. The number of hydrogen-bond donors (Lipinski definition) is 2. The van der Waals surface area contributed by atoms with E-state index < -0.39 is 17.7 Å². The molecule has 1 aromatic carbocycles. The first kappa shape index (κ1) is 25.6. The van der Waals surface area contributed by atoms with E-state index in [1.807, 2.05) is 24.3 Å². The van der Waals surface area contributed by atoms with Crippen LogP contribution in [0.2, 0.25) is 0 Å². The highest BCUT2D eigenvalue weighted by Crippen LogP contribution is 2.32. The molecule has 0 spiro atoms. The molecule has 0 bridgehead atoms. The van der Waals surface area contributed by atoms with E-state index in [9.17, 15) is 18.4 Å². The van der Waals surface area contributed by atoms with Crippen molar-refractivity contribution in [3.05, 3.63) is 93.8 Å². The van der Waals surface area contributed by atoms with Gasteiger partial charge < -0.3 is 10.6 Å². The number of nitrogens with one attached hydrogen (secondary N) is 1. The molecule has 38 heavy (non-hydrogen) atoms. The van der Waals surface area contributed by atoms with Crippen LogP contribution >= 0.6 is 0 Å². The largest absolute Gasteiger partial charge is 0.351 e. The number of fused-ring (bicyclic) bond motifs is 2. The molecule has 1 aliphatic carbocycles. The van der Waals surface area contributed by atoms with Gasteiger partial charge in [-0.25, -0.2) is 23.4 Å². The molecule has 10 heteroatoms. The summed E-state index contributed by atoms with van der Waals surface area (Å²) in [5.41, 5.74) is 9.28. The van der Waals surface area contributed by atoms with Crippen molar-refractivity contribution < 1.29 is 13.6 Å². The number of H-pyrrole nitrogens is 1. The number of aromatic nitrogens is 4. The van der Waals surface area contributed by atoms with Gasteiger partial charge >= 0.3 is 11.7 Å². The maximum Gasteiger partial charge on any atom is 0.327 e. The van der Waals surface area contributed by atoms with E-state index in [2.05, 4.69) is 15.0 Å². The van der Waals surface area contributed by atoms with Crippen LogP contribution in [0.4, 0.5) is 13.6 Å². The number of imidazole rings is 1. The van der Waals surface area contributed by atoms with Gasteiger partial charge in [0.05, 0.1) is 5.52 Å². The summed E-state index contributed by atoms with van der Waals surface area (Å²) in [7, 11) is 0. The summed E-state index contributed by atoms with van der Waals surface area (Å²) < 4.78 is 29.0. The Hall–Kier alpha value is -4.08. The summed E-state index contributed by atoms with van der Waals surface area (Å²) in [6.45, 7) is 1.17. The third-order valence-corrected chi connectivity index (χ3v) is 7.47. The molecule has 4 aromatic rings. The summed E-state index contributed by atoms with van der Waals surface area (Å²) in [5, 5.41) is 0. The molecule has 4 heterocycles. The number of hydrogen-bond acceptors (Lipinski definition) is 4. The molecule has 2 aliphatic rings. The number of urea groups is 1. The minimum absolute atomic E-state index is 0.0427. The van der Waals surface area contributed by atoms with E-state index in [1.54, 1.807) is 34.0 Å². The van der Waals surface area contributed by atoms with Gasteiger partial charge in [-0.2, -0.15) is 0 Å². The van der Waals surface area contributed by atoms with Crippen molar-refractivity contribution in [2.75, 3.05) is 13.1 Å². The number of primary amides is 1. The van der Waals surface area contributed by atoms with E-state index in [0.29, 0.717) is 24.3 Å². The Morgan fingerprint density at radius 2 is 1.76 bits per heavy atom. The Balaban J connectivity index is 0.000000155. The molecule has 1 fully saturated rings. The number of likely N-dealkylation sites (tertiary alicyclic amines) is 1. The second-order valence-corrected chi connectivity index (χ2v) is 9.77. The predicted octanol–water partition coefficient (Wildman–Crippen LogP) is 4.46. The highest BCUT2D eigenvalue weighted by atomic mass is 19.2. The summed E-state index contributed by atoms with van der Waals surface area (Å²) in [4.78, 5) is 36.0. The second-order valence-electron chi connectivity index (χ2n) is 9.77. The van der Waals surface area contributed by atoms with Gasteiger partial charge in [0.1, 0.15) is 0 Å². The van der Waals surface area contributed by atoms with Crippen molar-refractivity contribution in [1.29, 1.82) is 0 Å². The number of piperidine rings is 1. The summed E-state index contributed by atoms with van der Waals surface area (Å²) in [5.74, 6) is -1.41. The molecular formula is C28H30F2N6O2. The molecular weight excluding hydrogens is 490 g/mol. The molecule has 2 amide bonds. The van der Waals surface area contributed by atoms with Crippen LogP contribution in [0.1, 0.15) is 54.5 Å². The first-order valence-corrected chi connectivity index (χ1v) is 12.9. The van der Waals surface area contributed by atoms with Crippen molar-refractivity contribution in [3.63, 3.8) is 0 Å². The van der Waals surface area contributed by atoms with E-state index in [4.69, 9.17) is 5.73 Å². The van der Waals surface area contributed by atoms with Crippen molar-refractivity contribution in [2.45, 2.75) is 50.5 Å². The van der Waals surface area contributed by atoms with Gasteiger partial charge in [-0.15, -0.1) is 0 Å². The van der Waals surface area contributed by atoms with Gasteiger partial charge in [0.15, 0.2) is 17.3 Å². The Morgan fingerprint density at radius 1 is 1.00 bits per heavy atom. The van der Waals surface area contributed by atoms with Crippen LogP contribution in [0.5, 0.6) is 0 Å². The normalized spacial score (nSPS) is 17.8. The highest BCUT2D eigenvalue weighted by Gasteiger charge is 2.25. The Morgan fingerprint density at radius 3 is 2.55 bits per heavy atom. The van der Waals surface area contributed by atoms with Crippen LogP contribution in [-0.4, -0.2) is 43.5 Å². The number of nitrogens with zero attached hydrogens (tertiary/aromatic N) is 4. The Bertz CT molecular complexity index is 1490. The topological polar surface area (TPSA) is 110 Å². The van der Waals surface area contributed by atoms with Crippen LogP contribution < -0.4 is 11.4 Å². The SMILES string of the molecule is Fc1cccc(C2CCCc3ncccc3C2)c1F.NC(=O)N1CCC(n2c(=O)[nH]c3ncccc32)CC1. The third-order valence-electron chi connectivity index (χ3n) is 7.47. The van der Waals surface area contributed by atoms with Crippen molar-refractivity contribution in [2.24, 2.45) is 5.73 Å². The Labute approximate surface area is 218 Å². The van der Waals surface area contributed by atoms with Gasteiger partial charge in [0.2, 0.25) is 0 Å². The first-order valence-electron chi connectivity index (χ1n) is 12.9. The number of carbonyl (C=O) groups is 1. The van der Waals surface area contributed by atoms with Crippen LogP contribution in [0.15, 0.2) is 59.7 Å². The molecule has 0 saturated carbocycles. The zero-order chi connectivity index (χ0) is 26.6. The van der Waals surface area contributed by atoms with E-state index in [1.165, 1.54) is 6.07 Å². The molecule has 198 valence electrons. The fraction of sp³-hybridized carbons (Fsp3) is 0.357. The lowest BCUT2D eigenvalue weighted by atomic mass is 9.90. The lowest BCUT2D eigenvalue weighted by Gasteiger charge is -2.31. The molecule has 3 N–H and O–H groups in total. The maximum absolute atomic E-state index is 13.9. The fourth-order valence-electron chi connectivity index (χ4n) is 5.53. The number of amides is 2. The van der Waals surface area contributed by atoms with E-state index >= 15 is 0 Å². The van der Waals surface area contributed by atoms with Crippen LogP contribution in [-0.2, 0) is 12.8 Å². The van der Waals surface area contributed by atoms with E-state index in [0.717, 1.165) is 55.3 Å². The quantitative estimate of drug-likeness (QED) is 0.380. The fourth-order valence-corrected chi connectivity index (χ4v) is 5.53. The number of carbonyl (C=O) groups excluding carboxylic acids is 1. The second kappa shape index (κ2) is 11.1. The zero-order valence-electron chi connectivity index (χ0n) is 20.9. The molecule has 6 rings (SSSR count). The smallest absolute Gasteiger partial charge is 0.327 e. The monoisotopic (exact) mass is 520 g/mol. The lowest BCUT2D eigenvalue weighted by molar-refractivity contribution is 0.180. The number of aryl methyl sites for hydroxylation is 1. The summed E-state index contributed by atoms with van der Waals surface area (Å²) in [6.07, 6.45) is 8.39. The number of aromatic amines is 1. The highest BCUT2D eigenvalue weighted by molar-refractivity contribution is 5.72. The van der Waals surface area contributed by atoms with Gasteiger partial charge in [-0.3, -0.25) is 14.5 Å². The zero-order valence-corrected chi connectivity index (χ0v) is 20.9. The van der Waals surface area contributed by atoms with E-state index in [-0.39, 0.29) is 17.6 Å². The number of rotatable bonds is 2. The third kappa shape index (κ3) is 5.29. The Kier molecular flexibility index (Phi) is 7.48. The minimum atomic E-state index is -0.756. The average Bonchev–Trinajstić information content (AvgIpc) is 3.11. The van der Waals surface area contributed by atoms with Crippen molar-refractivity contribution >= 4 is 17.2 Å². The van der Waals surface area contributed by atoms with Gasteiger partial charge in [0.25, 0.3) is 0 Å². The van der Waals surface area contributed by atoms with Crippen LogP contribution in [0.25, 0.3) is 11.2 Å². The molecule has 8 nitrogen and oxygen atoms in total. The molecule has 1 saturated heterocycles. The van der Waals surface area contributed by atoms with Crippen LogP contribution in [0, 0.1) is 11.6 Å². The van der Waals surface area contributed by atoms with Gasteiger partial charge in [0, 0.05) is 37.2 Å². The lowest BCUT2D eigenvalue weighted by Crippen LogP contribution is -2.43. The standard InChI is InChI=1S/C16H15F2N.C12H15N5O2/c17-14-7-2-6-13(16(14)18)11-4-1-8-15-12(10-11)5-3-9-19-15;13-11(18)16-6-3-8(4-7-16)17-9-2-1-5-14-10(9)15-12(17)19/h2-3,5-7,9,11H,1,4,8,10H2;1-2,5,8H,3-4,6-7H2,(H2,13,18)(H,14,15,19). The summed E-state index contributed by atoms with van der Waals surface area (Å²) >= 11 is 0. The predicted molar refractivity (Wildman–Crippen MR) is 140 cm³/mol. The van der Waals surface area contributed by atoms with Crippen LogP contribution in [0.3, 0.4) is 0 Å². The maximum atomic E-state index is 13.9. The van der Waals surface area contributed by atoms with Gasteiger partial charge in [-0.1, -0.05) is 18.2 Å². The van der Waals surface area contributed by atoms with Gasteiger partial charge in [-0.05, 0) is 79.8 Å². The average molecular weight is 521 g/mol. The molecule has 1 atom stereocenters. The van der Waals surface area contributed by atoms with Crippen molar-refractivity contribution in [1.82, 2.24) is 24.4 Å². The number of nitrogens with two attached hydrogens (primary N) is 1. The minimum Gasteiger partial charge on any atom is -0.351 e. The summed E-state index contributed by atoms with van der Waals surface area (Å²) in [6, 6.07) is 11.8. The molecule has 0 radical (unpaired) electrons. The first-order chi connectivity index (χ1) is 18.4. The molecule has 1 unspecified atom stereocenters. The number of pyridine rings is 2. The van der Waals surface area contributed by atoms with Crippen molar-refractivity contribution in [3.8, 4) is 0 Å². The molecule has 1 aliphatic heterocycles. The molecule has 3 aromatic heterocycles.